The molecule has 2 N–H and O–H groups in total. The van der Waals surface area contributed by atoms with Crippen LogP contribution in [0.15, 0.2) is 27.8 Å². The maximum atomic E-state index is 5.88. The Morgan fingerprint density at radius 2 is 2.12 bits per heavy atom. The molecule has 0 atom stereocenters. The highest BCUT2D eigenvalue weighted by atomic mass is 16.5. The summed E-state index contributed by atoms with van der Waals surface area (Å²) in [6.45, 7) is 6.60. The largest absolute Gasteiger partial charge is 0.467 e. The zero-order chi connectivity index (χ0) is 17.6. The molecule has 0 bridgehead atoms. The Morgan fingerprint density at radius 1 is 1.24 bits per heavy atom. The third-order valence-electron chi connectivity index (χ3n) is 4.15. The molecule has 6 nitrogen and oxygen atoms in total. The number of nitrogens with zero attached hydrogens (tertiary/aromatic N) is 1. The van der Waals surface area contributed by atoms with Gasteiger partial charge in [0.05, 0.1) is 12.4 Å². The SMILES string of the molecule is CCNC(=NCCCOCc1ccco1)NCCCOC1CCCC1. The standard InChI is InChI=1S/C19H33N3O3/c1-2-20-19(22-12-7-15-24-17-8-3-4-9-17)21-11-6-13-23-16-18-10-5-14-25-18/h5,10,14,17H,2-4,6-9,11-13,15-16H2,1H3,(H2,20,21,22). The van der Waals surface area contributed by atoms with Gasteiger partial charge in [0.2, 0.25) is 0 Å². The van der Waals surface area contributed by atoms with E-state index in [1.165, 1.54) is 25.7 Å². The number of rotatable bonds is 12. The Bertz CT molecular complexity index is 456. The van der Waals surface area contributed by atoms with E-state index in [-0.39, 0.29) is 0 Å². The van der Waals surface area contributed by atoms with Crippen molar-refractivity contribution in [1.82, 2.24) is 10.6 Å². The van der Waals surface area contributed by atoms with Crippen LogP contribution in [0.5, 0.6) is 0 Å². The summed E-state index contributed by atoms with van der Waals surface area (Å²) >= 11 is 0. The molecular weight excluding hydrogens is 318 g/mol. The Hall–Kier alpha value is -1.53. The van der Waals surface area contributed by atoms with Crippen molar-refractivity contribution >= 4 is 5.96 Å². The van der Waals surface area contributed by atoms with Crippen molar-refractivity contribution in [1.29, 1.82) is 0 Å². The van der Waals surface area contributed by atoms with Crippen LogP contribution in [0.25, 0.3) is 0 Å². The van der Waals surface area contributed by atoms with Crippen LogP contribution in [0.3, 0.4) is 0 Å². The molecule has 0 aliphatic heterocycles. The summed E-state index contributed by atoms with van der Waals surface area (Å²) < 4.78 is 16.7. The van der Waals surface area contributed by atoms with Crippen molar-refractivity contribution in [2.24, 2.45) is 4.99 Å². The number of hydrogen-bond donors (Lipinski definition) is 2. The zero-order valence-electron chi connectivity index (χ0n) is 15.5. The summed E-state index contributed by atoms with van der Waals surface area (Å²) in [5, 5.41) is 6.63. The molecule has 0 amide bonds. The van der Waals surface area contributed by atoms with Crippen molar-refractivity contribution in [3.63, 3.8) is 0 Å². The van der Waals surface area contributed by atoms with Crippen molar-refractivity contribution < 1.29 is 13.9 Å². The predicted molar refractivity (Wildman–Crippen MR) is 99.8 cm³/mol. The first-order chi connectivity index (χ1) is 12.4. The van der Waals surface area contributed by atoms with Crippen LogP contribution in [0, 0.1) is 0 Å². The van der Waals surface area contributed by atoms with E-state index in [9.17, 15) is 0 Å². The molecular formula is C19H33N3O3. The number of furan rings is 1. The molecule has 6 heteroatoms. The van der Waals surface area contributed by atoms with Crippen LogP contribution in [-0.2, 0) is 16.1 Å². The van der Waals surface area contributed by atoms with Gasteiger partial charge in [-0.25, -0.2) is 0 Å². The lowest BCUT2D eigenvalue weighted by Gasteiger charge is -2.13. The van der Waals surface area contributed by atoms with Gasteiger partial charge in [0.25, 0.3) is 0 Å². The van der Waals surface area contributed by atoms with Gasteiger partial charge in [-0.15, -0.1) is 0 Å². The lowest BCUT2D eigenvalue weighted by molar-refractivity contribution is 0.0574. The molecule has 1 aromatic heterocycles. The molecule has 1 aliphatic rings. The fourth-order valence-electron chi connectivity index (χ4n) is 2.85. The van der Waals surface area contributed by atoms with Gasteiger partial charge in [0.1, 0.15) is 12.4 Å². The fraction of sp³-hybridized carbons (Fsp3) is 0.737. The lowest BCUT2D eigenvalue weighted by atomic mass is 10.3. The number of hydrogen-bond acceptors (Lipinski definition) is 4. The summed E-state index contributed by atoms with van der Waals surface area (Å²) in [5.74, 6) is 1.73. The van der Waals surface area contributed by atoms with E-state index in [0.29, 0.717) is 19.3 Å². The molecule has 2 rings (SSSR count). The van der Waals surface area contributed by atoms with Crippen molar-refractivity contribution in [2.45, 2.75) is 58.2 Å². The summed E-state index contributed by atoms with van der Waals surface area (Å²) in [4.78, 5) is 4.57. The molecule has 25 heavy (non-hydrogen) atoms. The number of ether oxygens (including phenoxy) is 2. The van der Waals surface area contributed by atoms with E-state index < -0.39 is 0 Å². The van der Waals surface area contributed by atoms with Gasteiger partial charge >= 0.3 is 0 Å². The summed E-state index contributed by atoms with van der Waals surface area (Å²) in [6.07, 6.45) is 9.18. The van der Waals surface area contributed by atoms with Crippen LogP contribution in [0.1, 0.15) is 51.2 Å². The van der Waals surface area contributed by atoms with E-state index in [1.54, 1.807) is 6.26 Å². The average molecular weight is 351 g/mol. The second-order valence-corrected chi connectivity index (χ2v) is 6.30. The first kappa shape index (κ1) is 19.8. The molecule has 0 radical (unpaired) electrons. The Balaban J connectivity index is 1.49. The third kappa shape index (κ3) is 8.93. The fourth-order valence-corrected chi connectivity index (χ4v) is 2.85. The molecule has 1 aliphatic carbocycles. The molecule has 1 heterocycles. The second kappa shape index (κ2) is 12.8. The lowest BCUT2D eigenvalue weighted by Crippen LogP contribution is -2.38. The van der Waals surface area contributed by atoms with E-state index >= 15 is 0 Å². The maximum absolute atomic E-state index is 5.88. The van der Waals surface area contributed by atoms with Gasteiger partial charge in [-0.2, -0.15) is 0 Å². The molecule has 0 spiro atoms. The average Bonchev–Trinajstić information content (AvgIpc) is 3.31. The number of aliphatic imine (C=N–C) groups is 1. The van der Waals surface area contributed by atoms with Gasteiger partial charge in [-0.05, 0) is 44.7 Å². The quantitative estimate of drug-likeness (QED) is 0.344. The van der Waals surface area contributed by atoms with Gasteiger partial charge < -0.3 is 24.5 Å². The van der Waals surface area contributed by atoms with Crippen LogP contribution in [0.2, 0.25) is 0 Å². The molecule has 1 saturated carbocycles. The predicted octanol–water partition coefficient (Wildman–Crippen LogP) is 3.09. The van der Waals surface area contributed by atoms with Crippen LogP contribution < -0.4 is 10.6 Å². The topological polar surface area (TPSA) is 68.0 Å². The molecule has 142 valence electrons. The van der Waals surface area contributed by atoms with Gasteiger partial charge in [0.15, 0.2) is 5.96 Å². The van der Waals surface area contributed by atoms with E-state index in [2.05, 4.69) is 22.5 Å². The van der Waals surface area contributed by atoms with Gasteiger partial charge in [-0.1, -0.05) is 12.8 Å². The molecule has 0 saturated heterocycles. The zero-order valence-corrected chi connectivity index (χ0v) is 15.5. The third-order valence-corrected chi connectivity index (χ3v) is 4.15. The second-order valence-electron chi connectivity index (χ2n) is 6.30. The minimum atomic E-state index is 0.503. The summed E-state index contributed by atoms with van der Waals surface area (Å²) in [7, 11) is 0. The van der Waals surface area contributed by atoms with Crippen LogP contribution in [-0.4, -0.2) is 44.9 Å². The highest BCUT2D eigenvalue weighted by molar-refractivity contribution is 5.79. The van der Waals surface area contributed by atoms with Crippen molar-refractivity contribution in [3.05, 3.63) is 24.2 Å². The summed E-state index contributed by atoms with van der Waals surface area (Å²) in [6, 6.07) is 3.79. The minimum Gasteiger partial charge on any atom is -0.467 e. The smallest absolute Gasteiger partial charge is 0.191 e. The van der Waals surface area contributed by atoms with Gasteiger partial charge in [-0.3, -0.25) is 4.99 Å². The van der Waals surface area contributed by atoms with Crippen molar-refractivity contribution in [3.8, 4) is 0 Å². The minimum absolute atomic E-state index is 0.503. The first-order valence-corrected chi connectivity index (χ1v) is 9.62. The highest BCUT2D eigenvalue weighted by Gasteiger charge is 2.14. The molecule has 1 aromatic rings. The number of nitrogens with one attached hydrogen (secondary N) is 2. The maximum Gasteiger partial charge on any atom is 0.191 e. The highest BCUT2D eigenvalue weighted by Crippen LogP contribution is 2.20. The van der Waals surface area contributed by atoms with Crippen LogP contribution in [0.4, 0.5) is 0 Å². The molecule has 0 unspecified atom stereocenters. The summed E-state index contributed by atoms with van der Waals surface area (Å²) in [5.41, 5.74) is 0. The normalized spacial score (nSPS) is 15.6. The Labute approximate surface area is 151 Å². The van der Waals surface area contributed by atoms with Crippen molar-refractivity contribution in [2.75, 3.05) is 32.8 Å². The van der Waals surface area contributed by atoms with E-state index in [1.807, 2.05) is 12.1 Å². The van der Waals surface area contributed by atoms with E-state index in [4.69, 9.17) is 13.9 Å². The van der Waals surface area contributed by atoms with Crippen LogP contribution >= 0.6 is 0 Å². The van der Waals surface area contributed by atoms with E-state index in [0.717, 1.165) is 50.8 Å². The number of guanidine groups is 1. The van der Waals surface area contributed by atoms with Gasteiger partial charge in [0, 0.05) is 32.8 Å². The molecule has 1 fully saturated rings. The monoisotopic (exact) mass is 351 g/mol. The first-order valence-electron chi connectivity index (χ1n) is 9.62. The molecule has 0 aromatic carbocycles. The Morgan fingerprint density at radius 3 is 2.88 bits per heavy atom. The Kier molecular flexibility index (Phi) is 10.1.